The lowest BCUT2D eigenvalue weighted by Gasteiger charge is -2.12. The highest BCUT2D eigenvalue weighted by Crippen LogP contribution is 2.34. The van der Waals surface area contributed by atoms with Crippen LogP contribution in [0.1, 0.15) is 22.5 Å². The van der Waals surface area contributed by atoms with Crippen molar-refractivity contribution in [1.82, 2.24) is 9.47 Å². The molecule has 6 heteroatoms. The molecule has 0 radical (unpaired) electrons. The molecule has 0 bridgehead atoms. The summed E-state index contributed by atoms with van der Waals surface area (Å²) in [5.41, 5.74) is 5.09. The SMILES string of the molecule is Cc1cc(/C=C2\SC(=O)N(CCc3ccccc3)C2=O)c(C)n1-c1ccc(Cl)cc1. The average Bonchev–Trinajstić information content (AvgIpc) is 3.16. The van der Waals surface area contributed by atoms with Crippen molar-refractivity contribution in [3.8, 4) is 5.69 Å². The second kappa shape index (κ2) is 8.54. The number of carbonyl (C=O) groups excluding carboxylic acids is 2. The van der Waals surface area contributed by atoms with Crippen LogP contribution in [0.25, 0.3) is 11.8 Å². The first kappa shape index (κ1) is 20.5. The Morgan fingerprint density at radius 2 is 1.70 bits per heavy atom. The number of hydrogen-bond acceptors (Lipinski definition) is 3. The highest BCUT2D eigenvalue weighted by Gasteiger charge is 2.34. The van der Waals surface area contributed by atoms with Gasteiger partial charge in [0.2, 0.25) is 0 Å². The average molecular weight is 437 g/mol. The van der Waals surface area contributed by atoms with E-state index < -0.39 is 0 Å². The Morgan fingerprint density at radius 3 is 2.40 bits per heavy atom. The molecular formula is C24H21ClN2O2S. The van der Waals surface area contributed by atoms with Crippen LogP contribution < -0.4 is 0 Å². The topological polar surface area (TPSA) is 42.3 Å². The number of imide groups is 1. The van der Waals surface area contributed by atoms with E-state index in [0.29, 0.717) is 22.9 Å². The molecule has 1 saturated heterocycles. The van der Waals surface area contributed by atoms with E-state index >= 15 is 0 Å². The Kier molecular flexibility index (Phi) is 5.84. The van der Waals surface area contributed by atoms with Crippen LogP contribution in [0.4, 0.5) is 4.79 Å². The van der Waals surface area contributed by atoms with Gasteiger partial charge < -0.3 is 4.57 Å². The summed E-state index contributed by atoms with van der Waals surface area (Å²) in [6, 6.07) is 19.5. The first-order chi connectivity index (χ1) is 14.4. The third-order valence-electron chi connectivity index (χ3n) is 5.18. The summed E-state index contributed by atoms with van der Waals surface area (Å²) in [4.78, 5) is 27.1. The molecule has 1 aliphatic heterocycles. The maximum atomic E-state index is 12.8. The van der Waals surface area contributed by atoms with E-state index in [-0.39, 0.29) is 11.1 Å². The largest absolute Gasteiger partial charge is 0.318 e. The van der Waals surface area contributed by atoms with Crippen molar-refractivity contribution in [2.45, 2.75) is 20.3 Å². The number of thioether (sulfide) groups is 1. The molecule has 0 aliphatic carbocycles. The normalized spacial score (nSPS) is 15.4. The number of halogens is 1. The second-order valence-corrected chi connectivity index (χ2v) is 8.64. The summed E-state index contributed by atoms with van der Waals surface area (Å²) in [5.74, 6) is -0.225. The van der Waals surface area contributed by atoms with Crippen molar-refractivity contribution >= 4 is 40.6 Å². The van der Waals surface area contributed by atoms with Gasteiger partial charge in [0, 0.05) is 28.6 Å². The maximum Gasteiger partial charge on any atom is 0.293 e. The molecule has 4 nitrogen and oxygen atoms in total. The van der Waals surface area contributed by atoms with Gasteiger partial charge in [0.05, 0.1) is 4.91 Å². The van der Waals surface area contributed by atoms with Crippen LogP contribution in [0.5, 0.6) is 0 Å². The highest BCUT2D eigenvalue weighted by molar-refractivity contribution is 8.18. The van der Waals surface area contributed by atoms with Gasteiger partial charge in [-0.3, -0.25) is 14.5 Å². The lowest BCUT2D eigenvalue weighted by molar-refractivity contribution is -0.122. The predicted molar refractivity (Wildman–Crippen MR) is 123 cm³/mol. The van der Waals surface area contributed by atoms with Crippen LogP contribution in [0, 0.1) is 13.8 Å². The van der Waals surface area contributed by atoms with Crippen molar-refractivity contribution in [3.63, 3.8) is 0 Å². The predicted octanol–water partition coefficient (Wildman–Crippen LogP) is 6.03. The minimum Gasteiger partial charge on any atom is -0.318 e. The van der Waals surface area contributed by atoms with Crippen molar-refractivity contribution in [2.24, 2.45) is 0 Å². The van der Waals surface area contributed by atoms with E-state index in [1.54, 1.807) is 0 Å². The van der Waals surface area contributed by atoms with Crippen molar-refractivity contribution < 1.29 is 9.59 Å². The lowest BCUT2D eigenvalue weighted by atomic mass is 10.1. The van der Waals surface area contributed by atoms with Crippen molar-refractivity contribution in [3.05, 3.63) is 93.1 Å². The quantitative estimate of drug-likeness (QED) is 0.459. The fourth-order valence-corrected chi connectivity index (χ4v) is 4.62. The summed E-state index contributed by atoms with van der Waals surface area (Å²) in [5, 5.41) is 0.472. The molecule has 1 aliphatic rings. The van der Waals surface area contributed by atoms with E-state index in [1.165, 1.54) is 4.90 Å². The number of carbonyl (C=O) groups is 2. The highest BCUT2D eigenvalue weighted by atomic mass is 35.5. The van der Waals surface area contributed by atoms with Gasteiger partial charge in [-0.05, 0) is 79.6 Å². The Balaban J connectivity index is 1.56. The molecule has 1 aromatic heterocycles. The van der Waals surface area contributed by atoms with Crippen LogP contribution in [0.15, 0.2) is 65.6 Å². The molecule has 30 heavy (non-hydrogen) atoms. The number of benzene rings is 2. The lowest BCUT2D eigenvalue weighted by Crippen LogP contribution is -2.30. The molecule has 2 amide bonds. The van der Waals surface area contributed by atoms with Gasteiger partial charge in [0.25, 0.3) is 11.1 Å². The summed E-state index contributed by atoms with van der Waals surface area (Å²) in [6.45, 7) is 4.41. The molecule has 0 spiro atoms. The van der Waals surface area contributed by atoms with E-state index in [1.807, 2.05) is 80.6 Å². The molecule has 2 heterocycles. The molecule has 0 N–H and O–H groups in total. The molecule has 152 valence electrons. The summed E-state index contributed by atoms with van der Waals surface area (Å²) < 4.78 is 2.11. The van der Waals surface area contributed by atoms with Crippen molar-refractivity contribution in [2.75, 3.05) is 6.54 Å². The van der Waals surface area contributed by atoms with E-state index in [2.05, 4.69) is 4.57 Å². The van der Waals surface area contributed by atoms with Gasteiger partial charge in [-0.2, -0.15) is 0 Å². The zero-order chi connectivity index (χ0) is 21.3. The zero-order valence-electron chi connectivity index (χ0n) is 16.8. The Morgan fingerprint density at radius 1 is 1.00 bits per heavy atom. The Hall–Kier alpha value is -2.76. The molecule has 4 rings (SSSR count). The van der Waals surface area contributed by atoms with Gasteiger partial charge in [-0.25, -0.2) is 0 Å². The van der Waals surface area contributed by atoms with Gasteiger partial charge in [0.15, 0.2) is 0 Å². The maximum absolute atomic E-state index is 12.8. The van der Waals surface area contributed by atoms with Crippen LogP contribution in [0.2, 0.25) is 5.02 Å². The van der Waals surface area contributed by atoms with Gasteiger partial charge >= 0.3 is 0 Å². The third kappa shape index (κ3) is 4.09. The molecule has 3 aromatic rings. The number of aryl methyl sites for hydroxylation is 1. The first-order valence-corrected chi connectivity index (χ1v) is 10.9. The fraction of sp³-hybridized carbons (Fsp3) is 0.167. The van der Waals surface area contributed by atoms with Crippen LogP contribution >= 0.6 is 23.4 Å². The molecule has 0 unspecified atom stereocenters. The van der Waals surface area contributed by atoms with Gasteiger partial charge in [-0.15, -0.1) is 0 Å². The Bertz CT molecular complexity index is 1130. The molecule has 1 fully saturated rings. The molecule has 0 saturated carbocycles. The van der Waals surface area contributed by atoms with E-state index in [0.717, 1.165) is 40.0 Å². The summed E-state index contributed by atoms with van der Waals surface area (Å²) >= 11 is 7.02. The number of hydrogen-bond donors (Lipinski definition) is 0. The number of amides is 2. The van der Waals surface area contributed by atoms with Crippen LogP contribution in [-0.2, 0) is 11.2 Å². The molecule has 0 atom stereocenters. The Labute approximate surface area is 185 Å². The number of aromatic nitrogens is 1. The van der Waals surface area contributed by atoms with Crippen LogP contribution in [-0.4, -0.2) is 27.2 Å². The smallest absolute Gasteiger partial charge is 0.293 e. The van der Waals surface area contributed by atoms with Gasteiger partial charge in [0.1, 0.15) is 0 Å². The van der Waals surface area contributed by atoms with Gasteiger partial charge in [-0.1, -0.05) is 41.9 Å². The molecular weight excluding hydrogens is 416 g/mol. The zero-order valence-corrected chi connectivity index (χ0v) is 18.3. The standard InChI is InChI=1S/C24H21ClN2O2S/c1-16-14-19(17(2)27(16)21-10-8-20(25)9-11-21)15-22-23(28)26(24(29)30-22)13-12-18-6-4-3-5-7-18/h3-11,14-15H,12-13H2,1-2H3/b22-15-. The number of rotatable bonds is 5. The van der Waals surface area contributed by atoms with Crippen molar-refractivity contribution in [1.29, 1.82) is 0 Å². The number of nitrogens with zero attached hydrogens (tertiary/aromatic N) is 2. The minimum absolute atomic E-state index is 0.214. The molecule has 2 aromatic carbocycles. The fourth-order valence-electron chi connectivity index (χ4n) is 3.64. The third-order valence-corrected chi connectivity index (χ3v) is 6.34. The van der Waals surface area contributed by atoms with Crippen LogP contribution in [0.3, 0.4) is 0 Å². The summed E-state index contributed by atoms with van der Waals surface area (Å²) in [6.07, 6.45) is 2.47. The minimum atomic E-state index is -0.225. The summed E-state index contributed by atoms with van der Waals surface area (Å²) in [7, 11) is 0. The monoisotopic (exact) mass is 436 g/mol. The van der Waals surface area contributed by atoms with E-state index in [9.17, 15) is 9.59 Å². The van der Waals surface area contributed by atoms with E-state index in [4.69, 9.17) is 11.6 Å². The first-order valence-electron chi connectivity index (χ1n) is 9.68. The second-order valence-electron chi connectivity index (χ2n) is 7.21.